The molecule has 3 rings (SSSR count). The van der Waals surface area contributed by atoms with Gasteiger partial charge in [-0.15, -0.1) is 0 Å². The summed E-state index contributed by atoms with van der Waals surface area (Å²) < 4.78 is 28.7. The molecule has 0 bridgehead atoms. The Labute approximate surface area is 136 Å². The van der Waals surface area contributed by atoms with Crippen molar-refractivity contribution >= 4 is 11.4 Å². The lowest BCUT2D eigenvalue weighted by Crippen LogP contribution is -2.38. The first-order chi connectivity index (χ1) is 11.4. The maximum Gasteiger partial charge on any atom is 0.306 e. The van der Waals surface area contributed by atoms with Crippen LogP contribution in [0.25, 0.3) is 0 Å². The van der Waals surface area contributed by atoms with Gasteiger partial charge in [0.1, 0.15) is 24.0 Å². The number of aliphatic hydroxyl groups excluding tert-OH is 1. The van der Waals surface area contributed by atoms with Gasteiger partial charge in [0.05, 0.1) is 23.3 Å². The smallest absolute Gasteiger partial charge is 0.306 e. The van der Waals surface area contributed by atoms with Gasteiger partial charge in [0.25, 0.3) is 0 Å². The molecule has 1 unspecified atom stereocenters. The lowest BCUT2D eigenvalue weighted by atomic mass is 10.0. The van der Waals surface area contributed by atoms with Crippen molar-refractivity contribution in [2.75, 3.05) is 18.0 Å². The van der Waals surface area contributed by atoms with E-state index in [0.717, 1.165) is 18.7 Å². The topological polar surface area (TPSA) is 84.4 Å². The number of halogens is 2. The van der Waals surface area contributed by atoms with E-state index < -0.39 is 22.7 Å². The second-order valence-electron chi connectivity index (χ2n) is 5.78. The minimum absolute atomic E-state index is 0.0441. The molecule has 1 aromatic heterocycles. The van der Waals surface area contributed by atoms with Crippen LogP contribution in [0.5, 0.6) is 0 Å². The van der Waals surface area contributed by atoms with Gasteiger partial charge < -0.3 is 10.0 Å². The molecule has 7 nitrogen and oxygen atoms in total. The van der Waals surface area contributed by atoms with Gasteiger partial charge in [0.15, 0.2) is 0 Å². The van der Waals surface area contributed by atoms with Crippen LogP contribution in [0.2, 0.25) is 0 Å². The number of anilines is 1. The number of nitro groups is 1. The molecule has 2 aromatic rings. The van der Waals surface area contributed by atoms with E-state index in [2.05, 4.69) is 5.10 Å². The molecule has 128 valence electrons. The average Bonchev–Trinajstić information content (AvgIpc) is 2.95. The Morgan fingerprint density at radius 3 is 2.88 bits per heavy atom. The van der Waals surface area contributed by atoms with Crippen LogP contribution in [0.4, 0.5) is 20.2 Å². The molecule has 2 heterocycles. The number of hydrogen-bond acceptors (Lipinski definition) is 5. The summed E-state index contributed by atoms with van der Waals surface area (Å²) in [6, 6.07) is 2.15. The zero-order chi connectivity index (χ0) is 17.3. The molecule has 0 spiro atoms. The number of rotatable bonds is 5. The number of benzene rings is 1. The van der Waals surface area contributed by atoms with E-state index >= 15 is 0 Å². The maximum absolute atomic E-state index is 14.1. The van der Waals surface area contributed by atoms with Gasteiger partial charge in [-0.3, -0.25) is 14.8 Å². The molecule has 24 heavy (non-hydrogen) atoms. The highest BCUT2D eigenvalue weighted by atomic mass is 19.1. The number of aliphatic hydroxyl groups is 1. The molecule has 9 heteroatoms. The van der Waals surface area contributed by atoms with Crippen LogP contribution in [-0.4, -0.2) is 39.0 Å². The predicted octanol–water partition coefficient (Wildman–Crippen LogP) is 1.88. The fourth-order valence-electron chi connectivity index (χ4n) is 2.99. The second kappa shape index (κ2) is 6.52. The molecule has 1 aliphatic rings. The Balaban J connectivity index is 1.71. The van der Waals surface area contributed by atoms with Crippen molar-refractivity contribution in [1.82, 2.24) is 9.78 Å². The summed E-state index contributed by atoms with van der Waals surface area (Å²) in [7, 11) is 0. The molecular formula is C15H16F2N4O3. The Morgan fingerprint density at radius 2 is 2.17 bits per heavy atom. The van der Waals surface area contributed by atoms with Crippen LogP contribution in [0, 0.1) is 21.7 Å². The molecule has 0 saturated carbocycles. The van der Waals surface area contributed by atoms with Crippen molar-refractivity contribution in [2.45, 2.75) is 25.5 Å². The normalized spacial score (nSPS) is 15.2. The van der Waals surface area contributed by atoms with Gasteiger partial charge in [0.2, 0.25) is 0 Å². The second-order valence-corrected chi connectivity index (χ2v) is 5.78. The van der Waals surface area contributed by atoms with Crippen LogP contribution >= 0.6 is 0 Å². The zero-order valence-electron chi connectivity index (χ0n) is 12.7. The highest BCUT2D eigenvalue weighted by molar-refractivity contribution is 5.57. The molecule has 0 aliphatic carbocycles. The van der Waals surface area contributed by atoms with Crippen molar-refractivity contribution in [3.05, 3.63) is 51.8 Å². The zero-order valence-corrected chi connectivity index (χ0v) is 12.7. The molecule has 1 atom stereocenters. The Kier molecular flexibility index (Phi) is 4.43. The van der Waals surface area contributed by atoms with Gasteiger partial charge in [-0.25, -0.2) is 8.78 Å². The lowest BCUT2D eigenvalue weighted by Gasteiger charge is -2.33. The third kappa shape index (κ3) is 3.35. The first-order valence-corrected chi connectivity index (χ1v) is 7.52. The van der Waals surface area contributed by atoms with Gasteiger partial charge in [-0.1, -0.05) is 0 Å². The summed E-state index contributed by atoms with van der Waals surface area (Å²) in [6.07, 6.45) is 2.74. The monoisotopic (exact) mass is 338 g/mol. The molecular weight excluding hydrogens is 322 g/mol. The SMILES string of the molecule is O=[N+]([O-])c1cnn(CC(O)CN2CCCc3cc(F)cc(F)c32)c1. The quantitative estimate of drug-likeness (QED) is 0.665. The first kappa shape index (κ1) is 16.3. The standard InChI is InChI=1S/C15H16F2N4O3/c16-11-4-10-2-1-3-19(15(10)14(17)5-11)8-13(22)9-20-7-12(6-18-20)21(23)24/h4-7,13,22H,1-3,8-9H2. The molecule has 0 amide bonds. The van der Waals surface area contributed by atoms with Crippen LogP contribution in [0.15, 0.2) is 24.5 Å². The van der Waals surface area contributed by atoms with Crippen LogP contribution in [0.1, 0.15) is 12.0 Å². The largest absolute Gasteiger partial charge is 0.389 e. The van der Waals surface area contributed by atoms with E-state index in [1.165, 1.54) is 16.9 Å². The van der Waals surface area contributed by atoms with Crippen molar-refractivity contribution in [3.8, 4) is 0 Å². The summed E-state index contributed by atoms with van der Waals surface area (Å²) in [5.74, 6) is -1.26. The summed E-state index contributed by atoms with van der Waals surface area (Å²) in [5.41, 5.74) is 0.737. The average molecular weight is 338 g/mol. The van der Waals surface area contributed by atoms with Gasteiger partial charge in [-0.2, -0.15) is 5.10 Å². The molecule has 0 radical (unpaired) electrons. The Hall–Kier alpha value is -2.55. The predicted molar refractivity (Wildman–Crippen MR) is 81.8 cm³/mol. The van der Waals surface area contributed by atoms with Crippen molar-refractivity contribution in [2.24, 2.45) is 0 Å². The van der Waals surface area contributed by atoms with Crippen molar-refractivity contribution < 1.29 is 18.8 Å². The summed E-state index contributed by atoms with van der Waals surface area (Å²) in [6.45, 7) is 0.720. The van der Waals surface area contributed by atoms with Crippen molar-refractivity contribution in [1.29, 1.82) is 0 Å². The van der Waals surface area contributed by atoms with Crippen LogP contribution in [0.3, 0.4) is 0 Å². The summed E-state index contributed by atoms with van der Waals surface area (Å²) in [5, 5.41) is 24.7. The highest BCUT2D eigenvalue weighted by Gasteiger charge is 2.24. The number of aryl methyl sites for hydroxylation is 1. The minimum Gasteiger partial charge on any atom is -0.389 e. The molecule has 1 aromatic carbocycles. The number of β-amino-alcohol motifs (C(OH)–C–C–N with tert-alkyl or cyclic N) is 1. The van der Waals surface area contributed by atoms with E-state index in [1.807, 2.05) is 0 Å². The Bertz CT molecular complexity index is 765. The van der Waals surface area contributed by atoms with Gasteiger partial charge in [0, 0.05) is 19.2 Å². The van der Waals surface area contributed by atoms with E-state index in [4.69, 9.17) is 0 Å². The van der Waals surface area contributed by atoms with Gasteiger partial charge >= 0.3 is 5.69 Å². The number of fused-ring (bicyclic) bond motifs is 1. The molecule has 0 fully saturated rings. The lowest BCUT2D eigenvalue weighted by molar-refractivity contribution is -0.385. The fourth-order valence-corrected chi connectivity index (χ4v) is 2.99. The van der Waals surface area contributed by atoms with Crippen LogP contribution in [-0.2, 0) is 13.0 Å². The van der Waals surface area contributed by atoms with Crippen molar-refractivity contribution in [3.63, 3.8) is 0 Å². The fraction of sp³-hybridized carbons (Fsp3) is 0.400. The third-order valence-electron chi connectivity index (χ3n) is 3.96. The van der Waals surface area contributed by atoms with Crippen LogP contribution < -0.4 is 4.90 Å². The number of aromatic nitrogens is 2. The Morgan fingerprint density at radius 1 is 1.38 bits per heavy atom. The highest BCUT2D eigenvalue weighted by Crippen LogP contribution is 2.31. The van der Waals surface area contributed by atoms with E-state index in [1.54, 1.807) is 4.90 Å². The molecule has 1 aliphatic heterocycles. The number of hydrogen-bond donors (Lipinski definition) is 1. The molecule has 1 N–H and O–H groups in total. The maximum atomic E-state index is 14.1. The number of nitrogens with zero attached hydrogens (tertiary/aromatic N) is 4. The van der Waals surface area contributed by atoms with E-state index in [9.17, 15) is 24.0 Å². The summed E-state index contributed by atoms with van der Waals surface area (Å²) in [4.78, 5) is 11.7. The minimum atomic E-state index is -0.903. The van der Waals surface area contributed by atoms with E-state index in [-0.39, 0.29) is 18.8 Å². The third-order valence-corrected chi connectivity index (χ3v) is 3.96. The van der Waals surface area contributed by atoms with E-state index in [0.29, 0.717) is 24.2 Å². The summed E-state index contributed by atoms with van der Waals surface area (Å²) >= 11 is 0. The first-order valence-electron chi connectivity index (χ1n) is 7.52. The molecule has 0 saturated heterocycles. The van der Waals surface area contributed by atoms with Gasteiger partial charge in [-0.05, 0) is 24.5 Å².